The van der Waals surface area contributed by atoms with Crippen molar-refractivity contribution in [3.63, 3.8) is 0 Å². The monoisotopic (exact) mass is 499 g/mol. The van der Waals surface area contributed by atoms with Crippen molar-refractivity contribution in [2.75, 3.05) is 4.72 Å². The number of anilines is 1. The third kappa shape index (κ3) is 5.21. The van der Waals surface area contributed by atoms with E-state index < -0.39 is 10.0 Å². The average molecular weight is 500 g/mol. The molecule has 182 valence electrons. The molecule has 0 atom stereocenters. The number of sulfonamides is 1. The first-order chi connectivity index (χ1) is 17.4. The highest BCUT2D eigenvalue weighted by Gasteiger charge is 2.15. The summed E-state index contributed by atoms with van der Waals surface area (Å²) in [5.74, 6) is 0.865. The van der Waals surface area contributed by atoms with Gasteiger partial charge in [0.25, 0.3) is 15.9 Å². The molecule has 0 aliphatic heterocycles. The second kappa shape index (κ2) is 9.79. The maximum atomic E-state index is 12.7. The standard InChI is InChI=1S/C27H25N5O3S/c1-3-20-9-13-24(14-10-20)36(33,34)31-23-11-7-21(8-12-23)16-32-17-25(28-18-32)27-29-26(30-35-27)22-6-4-5-19(2)15-22/h4-15,17-18,31H,3,16H2,1-2H3. The van der Waals surface area contributed by atoms with Gasteiger partial charge in [-0.3, -0.25) is 4.72 Å². The Morgan fingerprint density at radius 3 is 2.44 bits per heavy atom. The molecule has 5 aromatic rings. The van der Waals surface area contributed by atoms with E-state index in [1.807, 2.05) is 73.1 Å². The number of nitrogens with one attached hydrogen (secondary N) is 1. The Kier molecular flexibility index (Phi) is 6.39. The van der Waals surface area contributed by atoms with Crippen molar-refractivity contribution in [2.45, 2.75) is 31.7 Å². The van der Waals surface area contributed by atoms with Crippen molar-refractivity contribution >= 4 is 15.7 Å². The van der Waals surface area contributed by atoms with E-state index >= 15 is 0 Å². The van der Waals surface area contributed by atoms with Crippen LogP contribution in [0.5, 0.6) is 0 Å². The fraction of sp³-hybridized carbons (Fsp3) is 0.148. The Bertz CT molecular complexity index is 1590. The lowest BCUT2D eigenvalue weighted by Crippen LogP contribution is -2.13. The fourth-order valence-corrected chi connectivity index (χ4v) is 4.85. The van der Waals surface area contributed by atoms with Gasteiger partial charge in [0.1, 0.15) is 5.69 Å². The molecular formula is C27H25N5O3S. The molecule has 0 spiro atoms. The molecule has 0 aliphatic rings. The number of hydrogen-bond donors (Lipinski definition) is 1. The Morgan fingerprint density at radius 1 is 0.972 bits per heavy atom. The van der Waals surface area contributed by atoms with Crippen LogP contribution < -0.4 is 4.72 Å². The predicted octanol–water partition coefficient (Wildman–Crippen LogP) is 5.32. The van der Waals surface area contributed by atoms with Crippen molar-refractivity contribution in [3.05, 3.63) is 102 Å². The van der Waals surface area contributed by atoms with E-state index in [9.17, 15) is 8.42 Å². The van der Waals surface area contributed by atoms with Crippen LogP contribution in [0.4, 0.5) is 5.69 Å². The first-order valence-corrected chi connectivity index (χ1v) is 13.0. The number of aromatic nitrogens is 4. The quantitative estimate of drug-likeness (QED) is 0.310. The fourth-order valence-electron chi connectivity index (χ4n) is 3.79. The van der Waals surface area contributed by atoms with E-state index in [-0.39, 0.29) is 4.90 Å². The van der Waals surface area contributed by atoms with Gasteiger partial charge >= 0.3 is 0 Å². The van der Waals surface area contributed by atoms with E-state index in [1.54, 1.807) is 30.6 Å². The van der Waals surface area contributed by atoms with Crippen molar-refractivity contribution in [1.29, 1.82) is 0 Å². The van der Waals surface area contributed by atoms with Gasteiger partial charge in [-0.25, -0.2) is 13.4 Å². The predicted molar refractivity (Wildman–Crippen MR) is 138 cm³/mol. The zero-order chi connectivity index (χ0) is 25.1. The second-order valence-corrected chi connectivity index (χ2v) is 10.2. The van der Waals surface area contributed by atoms with Crippen LogP contribution in [-0.4, -0.2) is 28.1 Å². The van der Waals surface area contributed by atoms with Gasteiger partial charge in [-0.15, -0.1) is 0 Å². The van der Waals surface area contributed by atoms with E-state index in [1.165, 1.54) is 0 Å². The Morgan fingerprint density at radius 2 is 1.72 bits per heavy atom. The third-order valence-electron chi connectivity index (χ3n) is 5.77. The first-order valence-electron chi connectivity index (χ1n) is 11.5. The molecule has 2 heterocycles. The molecule has 0 bridgehead atoms. The summed E-state index contributed by atoms with van der Waals surface area (Å²) in [5.41, 5.74) is 5.16. The molecule has 9 heteroatoms. The summed E-state index contributed by atoms with van der Waals surface area (Å²) in [6, 6.07) is 22.1. The van der Waals surface area contributed by atoms with Gasteiger partial charge in [0.15, 0.2) is 0 Å². The Balaban J connectivity index is 1.25. The zero-order valence-electron chi connectivity index (χ0n) is 19.9. The highest BCUT2D eigenvalue weighted by atomic mass is 32.2. The molecule has 0 saturated heterocycles. The van der Waals surface area contributed by atoms with Gasteiger partial charge in [-0.2, -0.15) is 4.98 Å². The van der Waals surface area contributed by atoms with E-state index in [2.05, 4.69) is 19.8 Å². The topological polar surface area (TPSA) is 103 Å². The molecule has 5 rings (SSSR count). The van der Waals surface area contributed by atoms with Gasteiger partial charge in [0.05, 0.1) is 11.2 Å². The summed E-state index contributed by atoms with van der Waals surface area (Å²) in [6.07, 6.45) is 4.39. The molecule has 8 nitrogen and oxygen atoms in total. The number of imidazole rings is 1. The van der Waals surface area contributed by atoms with E-state index in [0.29, 0.717) is 29.6 Å². The number of hydrogen-bond acceptors (Lipinski definition) is 6. The Hall–Kier alpha value is -4.24. The van der Waals surface area contributed by atoms with Crippen molar-refractivity contribution in [2.24, 2.45) is 0 Å². The van der Waals surface area contributed by atoms with Gasteiger partial charge < -0.3 is 9.09 Å². The molecule has 0 unspecified atom stereocenters. The van der Waals surface area contributed by atoms with Gasteiger partial charge in [-0.1, -0.05) is 60.1 Å². The van der Waals surface area contributed by atoms with Crippen molar-refractivity contribution in [1.82, 2.24) is 19.7 Å². The molecule has 2 aromatic heterocycles. The Labute approximate surface area is 209 Å². The molecule has 0 saturated carbocycles. The van der Waals surface area contributed by atoms with Crippen LogP contribution in [0.15, 0.2) is 94.7 Å². The lowest BCUT2D eigenvalue weighted by molar-refractivity contribution is 0.431. The van der Waals surface area contributed by atoms with Crippen LogP contribution >= 0.6 is 0 Å². The molecule has 0 amide bonds. The van der Waals surface area contributed by atoms with Crippen LogP contribution in [0, 0.1) is 6.92 Å². The van der Waals surface area contributed by atoms with Gasteiger partial charge in [-0.05, 0) is 54.8 Å². The smallest absolute Gasteiger partial charge is 0.278 e. The summed E-state index contributed by atoms with van der Waals surface area (Å²) in [5, 5.41) is 4.08. The zero-order valence-corrected chi connectivity index (χ0v) is 20.7. The lowest BCUT2D eigenvalue weighted by atomic mass is 10.1. The molecule has 1 N–H and O–H groups in total. The van der Waals surface area contributed by atoms with Crippen LogP contribution in [0.2, 0.25) is 0 Å². The minimum absolute atomic E-state index is 0.237. The molecular weight excluding hydrogens is 474 g/mol. The summed E-state index contributed by atoms with van der Waals surface area (Å²) in [7, 11) is -3.65. The van der Waals surface area contributed by atoms with Gasteiger partial charge in [0.2, 0.25) is 5.82 Å². The first kappa shape index (κ1) is 23.5. The molecule has 3 aromatic carbocycles. The van der Waals surface area contributed by atoms with E-state index in [4.69, 9.17) is 4.52 Å². The van der Waals surface area contributed by atoms with Crippen molar-refractivity contribution < 1.29 is 12.9 Å². The molecule has 0 aliphatic carbocycles. The normalized spacial score (nSPS) is 11.5. The minimum Gasteiger partial charge on any atom is -0.332 e. The summed E-state index contributed by atoms with van der Waals surface area (Å²) < 4.78 is 35.3. The highest BCUT2D eigenvalue weighted by molar-refractivity contribution is 7.92. The van der Waals surface area contributed by atoms with Crippen molar-refractivity contribution in [3.8, 4) is 23.0 Å². The lowest BCUT2D eigenvalue weighted by Gasteiger charge is -2.10. The summed E-state index contributed by atoms with van der Waals surface area (Å²) >= 11 is 0. The number of rotatable bonds is 8. The minimum atomic E-state index is -3.65. The van der Waals surface area contributed by atoms with Crippen LogP contribution in [0.1, 0.15) is 23.6 Å². The van der Waals surface area contributed by atoms with Crippen LogP contribution in [0.3, 0.4) is 0 Å². The van der Waals surface area contributed by atoms with E-state index in [0.717, 1.165) is 28.7 Å². The second-order valence-electron chi connectivity index (χ2n) is 8.52. The number of aryl methyl sites for hydroxylation is 2. The van der Waals surface area contributed by atoms with Crippen LogP contribution in [0.25, 0.3) is 23.0 Å². The molecule has 36 heavy (non-hydrogen) atoms. The SMILES string of the molecule is CCc1ccc(S(=O)(=O)Nc2ccc(Cn3cnc(-c4nc(-c5cccc(C)c5)no4)c3)cc2)cc1. The third-order valence-corrected chi connectivity index (χ3v) is 7.17. The average Bonchev–Trinajstić information content (AvgIpc) is 3.55. The summed E-state index contributed by atoms with van der Waals surface area (Å²) in [6.45, 7) is 4.59. The molecule has 0 radical (unpaired) electrons. The number of nitrogens with zero attached hydrogens (tertiary/aromatic N) is 4. The maximum absolute atomic E-state index is 12.7. The van der Waals surface area contributed by atoms with Gasteiger partial charge in [0, 0.05) is 24.0 Å². The highest BCUT2D eigenvalue weighted by Crippen LogP contribution is 2.22. The maximum Gasteiger partial charge on any atom is 0.278 e. The van der Waals surface area contributed by atoms with Crippen LogP contribution in [-0.2, 0) is 23.0 Å². The number of benzene rings is 3. The largest absolute Gasteiger partial charge is 0.332 e. The molecule has 0 fully saturated rings. The summed E-state index contributed by atoms with van der Waals surface area (Å²) in [4.78, 5) is 9.11.